The summed E-state index contributed by atoms with van der Waals surface area (Å²) in [6.45, 7) is 4.93. The molecule has 422 valence electrons. The number of amides is 1. The molecule has 0 saturated heterocycles. The van der Waals surface area contributed by atoms with E-state index >= 15 is 0 Å². The highest BCUT2D eigenvalue weighted by molar-refractivity contribution is 5.76. The number of ether oxygens (including phenoxy) is 1. The van der Waals surface area contributed by atoms with Gasteiger partial charge < -0.3 is 20.3 Å². The standard InChI is InChI=1S/C65H127NO5/c1-3-5-7-9-11-13-15-17-35-39-43-47-51-55-59-65(70)71-60-56-52-48-44-40-36-33-31-29-27-25-23-21-19-18-20-22-24-26-28-30-32-34-38-42-46-50-54-58-64(69)66-62(61-67)63(68)57-53-49-45-41-37-16-14-12-10-8-6-4-2/h53,57,62-63,67-68H,3-52,54-56,58-61H2,1-2H3,(H,66,69)/b57-53+. The Labute approximate surface area is 444 Å². The van der Waals surface area contributed by atoms with Crippen LogP contribution in [0.15, 0.2) is 12.2 Å². The quantitative estimate of drug-likeness (QED) is 0.0320. The summed E-state index contributed by atoms with van der Waals surface area (Å²) in [6.07, 6.45) is 74.2. The maximum atomic E-state index is 12.4. The van der Waals surface area contributed by atoms with Crippen molar-refractivity contribution in [2.75, 3.05) is 13.2 Å². The van der Waals surface area contributed by atoms with E-state index in [2.05, 4.69) is 19.2 Å². The average molecular weight is 1000 g/mol. The lowest BCUT2D eigenvalue weighted by Gasteiger charge is -2.20. The third kappa shape index (κ3) is 57.7. The summed E-state index contributed by atoms with van der Waals surface area (Å²) in [6, 6.07) is -0.623. The zero-order valence-electron chi connectivity index (χ0n) is 48.2. The molecule has 2 atom stereocenters. The second-order valence-electron chi connectivity index (χ2n) is 22.5. The van der Waals surface area contributed by atoms with Gasteiger partial charge in [-0.2, -0.15) is 0 Å². The Morgan fingerprint density at radius 3 is 0.958 bits per heavy atom. The second-order valence-corrected chi connectivity index (χ2v) is 22.5. The van der Waals surface area contributed by atoms with E-state index in [0.717, 1.165) is 38.5 Å². The first-order valence-electron chi connectivity index (χ1n) is 32.5. The highest BCUT2D eigenvalue weighted by atomic mass is 16.5. The van der Waals surface area contributed by atoms with E-state index in [1.165, 1.54) is 302 Å². The number of carbonyl (C=O) groups excluding carboxylic acids is 2. The van der Waals surface area contributed by atoms with Crippen LogP contribution < -0.4 is 5.32 Å². The van der Waals surface area contributed by atoms with E-state index in [4.69, 9.17) is 4.74 Å². The van der Waals surface area contributed by atoms with Gasteiger partial charge in [0.15, 0.2) is 0 Å². The van der Waals surface area contributed by atoms with E-state index in [1.807, 2.05) is 6.08 Å². The second kappa shape index (κ2) is 61.1. The summed E-state index contributed by atoms with van der Waals surface area (Å²) in [7, 11) is 0. The molecule has 6 heteroatoms. The van der Waals surface area contributed by atoms with Crippen LogP contribution >= 0.6 is 0 Å². The van der Waals surface area contributed by atoms with Gasteiger partial charge in [0.05, 0.1) is 25.4 Å². The molecule has 0 aliphatic heterocycles. The van der Waals surface area contributed by atoms with Gasteiger partial charge in [0.2, 0.25) is 5.91 Å². The van der Waals surface area contributed by atoms with Crippen LogP contribution in [0.2, 0.25) is 0 Å². The minimum absolute atomic E-state index is 0.0213. The molecule has 0 aliphatic carbocycles. The summed E-state index contributed by atoms with van der Waals surface area (Å²) in [4.78, 5) is 24.5. The van der Waals surface area contributed by atoms with Crippen molar-refractivity contribution in [1.82, 2.24) is 5.32 Å². The Morgan fingerprint density at radius 1 is 0.380 bits per heavy atom. The van der Waals surface area contributed by atoms with Crippen LogP contribution in [0.1, 0.15) is 367 Å². The molecule has 1 amide bonds. The highest BCUT2D eigenvalue weighted by Gasteiger charge is 2.18. The molecule has 0 heterocycles. The van der Waals surface area contributed by atoms with Crippen molar-refractivity contribution in [3.8, 4) is 0 Å². The highest BCUT2D eigenvalue weighted by Crippen LogP contribution is 2.18. The van der Waals surface area contributed by atoms with E-state index in [9.17, 15) is 19.8 Å². The number of rotatable bonds is 61. The molecule has 3 N–H and O–H groups in total. The molecule has 0 aromatic heterocycles. The largest absolute Gasteiger partial charge is 0.466 e. The lowest BCUT2D eigenvalue weighted by molar-refractivity contribution is -0.143. The third-order valence-corrected chi connectivity index (χ3v) is 15.3. The number of aliphatic hydroxyl groups is 2. The molecule has 71 heavy (non-hydrogen) atoms. The van der Waals surface area contributed by atoms with Crippen LogP contribution in [-0.4, -0.2) is 47.4 Å². The van der Waals surface area contributed by atoms with Gasteiger partial charge in [-0.1, -0.05) is 334 Å². The molecule has 2 unspecified atom stereocenters. The van der Waals surface area contributed by atoms with Gasteiger partial charge in [0.25, 0.3) is 0 Å². The molecule has 0 fully saturated rings. The summed E-state index contributed by atoms with van der Waals surface area (Å²) >= 11 is 0. The summed E-state index contributed by atoms with van der Waals surface area (Å²) in [5.41, 5.74) is 0. The fraction of sp³-hybridized carbons (Fsp3) is 0.938. The van der Waals surface area contributed by atoms with Crippen LogP contribution in [0, 0.1) is 0 Å². The molecule has 0 aromatic carbocycles. The van der Waals surface area contributed by atoms with Gasteiger partial charge in [0, 0.05) is 12.8 Å². The van der Waals surface area contributed by atoms with Gasteiger partial charge >= 0.3 is 5.97 Å². The normalized spacial score (nSPS) is 12.6. The fourth-order valence-electron chi connectivity index (χ4n) is 10.3. The minimum Gasteiger partial charge on any atom is -0.466 e. The van der Waals surface area contributed by atoms with Gasteiger partial charge in [-0.05, 0) is 32.1 Å². The summed E-state index contributed by atoms with van der Waals surface area (Å²) in [5, 5.41) is 23.1. The first kappa shape index (κ1) is 69.6. The predicted molar refractivity (Wildman–Crippen MR) is 310 cm³/mol. The number of aliphatic hydroxyl groups excluding tert-OH is 2. The Balaban J connectivity index is 3.33. The molecular weight excluding hydrogens is 875 g/mol. The number of nitrogens with one attached hydrogen (secondary N) is 1. The fourth-order valence-corrected chi connectivity index (χ4v) is 10.3. The van der Waals surface area contributed by atoms with Crippen LogP contribution in [0.5, 0.6) is 0 Å². The SMILES string of the molecule is CCCCCCCCCCCC/C=C/C(O)C(CO)NC(=O)CCCCCCCCCCCCCCCCCCCCCCCCCCCCCCOC(=O)CCCCCCCCCCCCCCCC. The summed E-state index contributed by atoms with van der Waals surface area (Å²) < 4.78 is 5.49. The molecule has 0 aliphatic rings. The van der Waals surface area contributed by atoms with Crippen LogP contribution in [0.4, 0.5) is 0 Å². The maximum absolute atomic E-state index is 12.4. The van der Waals surface area contributed by atoms with Crippen molar-refractivity contribution in [3.05, 3.63) is 12.2 Å². The Morgan fingerprint density at radius 2 is 0.648 bits per heavy atom. The molecule has 0 spiro atoms. The average Bonchev–Trinajstić information content (AvgIpc) is 3.37. The molecule has 0 radical (unpaired) electrons. The zero-order chi connectivity index (χ0) is 51.4. The molecule has 0 saturated carbocycles. The van der Waals surface area contributed by atoms with E-state index in [0.29, 0.717) is 19.4 Å². The third-order valence-electron chi connectivity index (χ3n) is 15.3. The Hall–Kier alpha value is -1.40. The predicted octanol–water partition coefficient (Wildman–Crippen LogP) is 20.4. The van der Waals surface area contributed by atoms with E-state index < -0.39 is 12.1 Å². The zero-order valence-corrected chi connectivity index (χ0v) is 48.2. The van der Waals surface area contributed by atoms with Crippen molar-refractivity contribution in [1.29, 1.82) is 0 Å². The smallest absolute Gasteiger partial charge is 0.305 e. The van der Waals surface area contributed by atoms with E-state index in [-0.39, 0.29) is 18.5 Å². The Kier molecular flexibility index (Phi) is 59.9. The lowest BCUT2D eigenvalue weighted by Crippen LogP contribution is -2.45. The van der Waals surface area contributed by atoms with Crippen molar-refractivity contribution < 1.29 is 24.5 Å². The van der Waals surface area contributed by atoms with Crippen LogP contribution in [0.3, 0.4) is 0 Å². The number of hydrogen-bond acceptors (Lipinski definition) is 5. The minimum atomic E-state index is -0.840. The number of unbranched alkanes of at least 4 members (excludes halogenated alkanes) is 50. The molecule has 0 rings (SSSR count). The summed E-state index contributed by atoms with van der Waals surface area (Å²) in [5.74, 6) is -0.0425. The number of allylic oxidation sites excluding steroid dienone is 1. The van der Waals surface area contributed by atoms with Crippen molar-refractivity contribution in [2.45, 2.75) is 379 Å². The van der Waals surface area contributed by atoms with E-state index in [1.54, 1.807) is 6.08 Å². The van der Waals surface area contributed by atoms with Gasteiger partial charge in [-0.3, -0.25) is 9.59 Å². The van der Waals surface area contributed by atoms with Crippen molar-refractivity contribution >= 4 is 11.9 Å². The van der Waals surface area contributed by atoms with Crippen LogP contribution in [-0.2, 0) is 14.3 Å². The van der Waals surface area contributed by atoms with Crippen LogP contribution in [0.25, 0.3) is 0 Å². The first-order chi connectivity index (χ1) is 35.0. The Bertz CT molecular complexity index is 1060. The van der Waals surface area contributed by atoms with Gasteiger partial charge in [-0.15, -0.1) is 0 Å². The van der Waals surface area contributed by atoms with Gasteiger partial charge in [0.1, 0.15) is 0 Å². The molecule has 6 nitrogen and oxygen atoms in total. The number of hydrogen-bond donors (Lipinski definition) is 3. The lowest BCUT2D eigenvalue weighted by atomic mass is 10.0. The monoisotopic (exact) mass is 1000 g/mol. The number of esters is 1. The van der Waals surface area contributed by atoms with Gasteiger partial charge in [-0.25, -0.2) is 0 Å². The van der Waals surface area contributed by atoms with Crippen molar-refractivity contribution in [2.24, 2.45) is 0 Å². The first-order valence-corrected chi connectivity index (χ1v) is 32.5. The topological polar surface area (TPSA) is 95.9 Å². The maximum Gasteiger partial charge on any atom is 0.305 e. The number of carbonyl (C=O) groups is 2. The molecular formula is C65H127NO5. The van der Waals surface area contributed by atoms with Crippen molar-refractivity contribution in [3.63, 3.8) is 0 Å². The molecule has 0 bridgehead atoms. The molecule has 0 aromatic rings.